The zero-order chi connectivity index (χ0) is 16.1. The molecule has 116 valence electrons. The molecule has 1 aromatic carbocycles. The number of anilines is 1. The molecule has 2 aromatic rings. The molecule has 4 nitrogen and oxygen atoms in total. The number of benzene rings is 1. The zero-order valence-electron chi connectivity index (χ0n) is 13.6. The highest BCUT2D eigenvalue weighted by molar-refractivity contribution is 5.79. The largest absolute Gasteiger partial charge is 0.378 e. The second kappa shape index (κ2) is 7.07. The van der Waals surface area contributed by atoms with E-state index in [1.54, 1.807) is 0 Å². The van der Waals surface area contributed by atoms with Gasteiger partial charge in [0, 0.05) is 31.7 Å². The van der Waals surface area contributed by atoms with E-state index in [1.165, 1.54) is 0 Å². The van der Waals surface area contributed by atoms with Crippen LogP contribution in [0.2, 0.25) is 0 Å². The fourth-order valence-corrected chi connectivity index (χ4v) is 2.21. The molecular weight excluding hydrogens is 274 g/mol. The van der Waals surface area contributed by atoms with Crippen LogP contribution < -0.4 is 10.2 Å². The number of rotatable bonds is 5. The number of nitrogens with zero attached hydrogens (tertiary/aromatic N) is 2. The van der Waals surface area contributed by atoms with Crippen molar-refractivity contribution in [3.8, 4) is 0 Å². The minimum atomic E-state index is -0.0401. The van der Waals surface area contributed by atoms with Crippen molar-refractivity contribution in [2.45, 2.75) is 26.3 Å². The van der Waals surface area contributed by atoms with Crippen LogP contribution in [0.25, 0.3) is 0 Å². The molecule has 1 heterocycles. The number of aromatic nitrogens is 1. The summed E-state index contributed by atoms with van der Waals surface area (Å²) >= 11 is 0. The Labute approximate surface area is 132 Å². The van der Waals surface area contributed by atoms with Crippen molar-refractivity contribution in [3.63, 3.8) is 0 Å². The molecule has 0 fully saturated rings. The van der Waals surface area contributed by atoms with E-state index < -0.39 is 0 Å². The van der Waals surface area contributed by atoms with E-state index in [0.29, 0.717) is 6.42 Å². The summed E-state index contributed by atoms with van der Waals surface area (Å²) in [7, 11) is 4.00. The molecule has 0 aliphatic heterocycles. The number of carbonyl (C=O) groups is 1. The monoisotopic (exact) mass is 297 g/mol. The van der Waals surface area contributed by atoms with Crippen molar-refractivity contribution in [2.75, 3.05) is 19.0 Å². The van der Waals surface area contributed by atoms with Crippen molar-refractivity contribution in [3.05, 3.63) is 59.4 Å². The number of carbonyl (C=O) groups excluding carboxylic acids is 1. The molecule has 0 saturated heterocycles. The molecule has 1 atom stereocenters. The van der Waals surface area contributed by atoms with E-state index >= 15 is 0 Å². The highest BCUT2D eigenvalue weighted by Crippen LogP contribution is 2.14. The van der Waals surface area contributed by atoms with E-state index in [9.17, 15) is 4.79 Å². The summed E-state index contributed by atoms with van der Waals surface area (Å²) in [6.07, 6.45) is 2.20. The molecule has 1 unspecified atom stereocenters. The lowest BCUT2D eigenvalue weighted by Crippen LogP contribution is -2.28. The van der Waals surface area contributed by atoms with Gasteiger partial charge in [-0.15, -0.1) is 0 Å². The lowest BCUT2D eigenvalue weighted by molar-refractivity contribution is -0.121. The molecule has 0 aliphatic rings. The van der Waals surface area contributed by atoms with Gasteiger partial charge in [-0.3, -0.25) is 9.78 Å². The van der Waals surface area contributed by atoms with Gasteiger partial charge in [-0.25, -0.2) is 0 Å². The smallest absolute Gasteiger partial charge is 0.224 e. The zero-order valence-corrected chi connectivity index (χ0v) is 13.6. The van der Waals surface area contributed by atoms with E-state index in [2.05, 4.69) is 10.3 Å². The first-order chi connectivity index (χ1) is 10.5. The molecule has 0 radical (unpaired) electrons. The minimum Gasteiger partial charge on any atom is -0.378 e. The van der Waals surface area contributed by atoms with Crippen molar-refractivity contribution < 1.29 is 4.79 Å². The average molecular weight is 297 g/mol. The first-order valence-corrected chi connectivity index (χ1v) is 7.44. The number of nitrogens with one attached hydrogen (secondary N) is 1. The molecule has 22 heavy (non-hydrogen) atoms. The minimum absolute atomic E-state index is 0.0191. The normalized spacial score (nSPS) is 11.8. The predicted octanol–water partition coefficient (Wildman–Crippen LogP) is 2.88. The maximum Gasteiger partial charge on any atom is 0.224 e. The summed E-state index contributed by atoms with van der Waals surface area (Å²) in [4.78, 5) is 18.4. The second-order valence-electron chi connectivity index (χ2n) is 5.76. The third kappa shape index (κ3) is 4.32. The summed E-state index contributed by atoms with van der Waals surface area (Å²) in [5, 5.41) is 3.01. The molecule has 0 bridgehead atoms. The first-order valence-electron chi connectivity index (χ1n) is 7.44. The van der Waals surface area contributed by atoms with E-state index in [0.717, 1.165) is 22.5 Å². The van der Waals surface area contributed by atoms with Gasteiger partial charge in [0.1, 0.15) is 0 Å². The van der Waals surface area contributed by atoms with E-state index in [1.807, 2.05) is 75.4 Å². The fourth-order valence-electron chi connectivity index (χ4n) is 2.21. The molecule has 1 N–H and O–H groups in total. The van der Waals surface area contributed by atoms with Gasteiger partial charge in [0.25, 0.3) is 0 Å². The Balaban J connectivity index is 1.93. The summed E-state index contributed by atoms with van der Waals surface area (Å²) in [5.41, 5.74) is 4.13. The highest BCUT2D eigenvalue weighted by Gasteiger charge is 2.10. The third-order valence-corrected chi connectivity index (χ3v) is 3.63. The molecule has 1 aromatic heterocycles. The third-order valence-electron chi connectivity index (χ3n) is 3.63. The summed E-state index contributed by atoms with van der Waals surface area (Å²) < 4.78 is 0. The van der Waals surface area contributed by atoms with Crippen molar-refractivity contribution in [1.29, 1.82) is 0 Å². The number of hydrogen-bond acceptors (Lipinski definition) is 3. The van der Waals surface area contributed by atoms with Gasteiger partial charge in [-0.1, -0.05) is 18.2 Å². The Morgan fingerprint density at radius 3 is 2.41 bits per heavy atom. The van der Waals surface area contributed by atoms with Gasteiger partial charge in [0.2, 0.25) is 5.91 Å². The Morgan fingerprint density at radius 1 is 1.18 bits per heavy atom. The van der Waals surface area contributed by atoms with Gasteiger partial charge in [0.05, 0.1) is 12.5 Å². The molecular formula is C18H23N3O. The number of pyridine rings is 1. The Morgan fingerprint density at radius 2 is 1.86 bits per heavy atom. The summed E-state index contributed by atoms with van der Waals surface area (Å²) in [5.74, 6) is 0.0191. The summed E-state index contributed by atoms with van der Waals surface area (Å²) in [6.45, 7) is 3.92. The molecule has 0 aliphatic carbocycles. The molecule has 0 spiro atoms. The number of hydrogen-bond donors (Lipinski definition) is 1. The van der Waals surface area contributed by atoms with E-state index in [4.69, 9.17) is 0 Å². The van der Waals surface area contributed by atoms with Gasteiger partial charge < -0.3 is 10.2 Å². The topological polar surface area (TPSA) is 45.2 Å². The van der Waals surface area contributed by atoms with Gasteiger partial charge in [-0.2, -0.15) is 0 Å². The van der Waals surface area contributed by atoms with Crippen LogP contribution in [-0.2, 0) is 11.2 Å². The predicted molar refractivity (Wildman–Crippen MR) is 90.0 cm³/mol. The number of amides is 1. The fraction of sp³-hybridized carbons (Fsp3) is 0.333. The Hall–Kier alpha value is -2.36. The lowest BCUT2D eigenvalue weighted by atomic mass is 10.1. The molecule has 2 rings (SSSR count). The van der Waals surface area contributed by atoms with Crippen LogP contribution in [0.5, 0.6) is 0 Å². The van der Waals surface area contributed by atoms with Gasteiger partial charge >= 0.3 is 0 Å². The van der Waals surface area contributed by atoms with Crippen LogP contribution in [-0.4, -0.2) is 25.0 Å². The molecule has 0 saturated carbocycles. The van der Waals surface area contributed by atoms with E-state index in [-0.39, 0.29) is 11.9 Å². The molecule has 1 amide bonds. The van der Waals surface area contributed by atoms with Crippen LogP contribution in [0.3, 0.4) is 0 Å². The SMILES string of the molecule is Cc1ccc(C(C)NC(=O)Cc2ccc(N(C)C)cc2)cn1. The maximum atomic E-state index is 12.1. The highest BCUT2D eigenvalue weighted by atomic mass is 16.1. The van der Waals surface area contributed by atoms with Crippen LogP contribution in [0, 0.1) is 6.92 Å². The van der Waals surface area contributed by atoms with Crippen LogP contribution in [0.4, 0.5) is 5.69 Å². The van der Waals surface area contributed by atoms with Gasteiger partial charge in [-0.05, 0) is 43.2 Å². The maximum absolute atomic E-state index is 12.1. The van der Waals surface area contributed by atoms with Crippen LogP contribution in [0.15, 0.2) is 42.6 Å². The van der Waals surface area contributed by atoms with Crippen molar-refractivity contribution in [1.82, 2.24) is 10.3 Å². The van der Waals surface area contributed by atoms with Crippen molar-refractivity contribution >= 4 is 11.6 Å². The lowest BCUT2D eigenvalue weighted by Gasteiger charge is -2.15. The Bertz CT molecular complexity index is 618. The number of aryl methyl sites for hydroxylation is 1. The second-order valence-corrected chi connectivity index (χ2v) is 5.76. The quantitative estimate of drug-likeness (QED) is 0.923. The van der Waals surface area contributed by atoms with Crippen LogP contribution in [0.1, 0.15) is 29.8 Å². The average Bonchev–Trinajstić information content (AvgIpc) is 2.48. The summed E-state index contributed by atoms with van der Waals surface area (Å²) in [6, 6.07) is 11.9. The Kier molecular flexibility index (Phi) is 5.15. The first kappa shape index (κ1) is 16.0. The van der Waals surface area contributed by atoms with Crippen LogP contribution >= 0.6 is 0 Å². The van der Waals surface area contributed by atoms with Crippen molar-refractivity contribution in [2.24, 2.45) is 0 Å². The standard InChI is InChI=1S/C18H23N3O/c1-13-5-8-16(12-19-13)14(2)20-18(22)11-15-6-9-17(10-7-15)21(3)4/h5-10,12,14H,11H2,1-4H3,(H,20,22). The molecule has 4 heteroatoms. The van der Waals surface area contributed by atoms with Gasteiger partial charge in [0.15, 0.2) is 0 Å².